The van der Waals surface area contributed by atoms with Crippen LogP contribution >= 0.6 is 11.3 Å². The molecular formula is C14H14N4S. The number of rotatable bonds is 3. The number of hydrogen-bond donors (Lipinski definition) is 1. The van der Waals surface area contributed by atoms with E-state index < -0.39 is 0 Å². The molecule has 0 radical (unpaired) electrons. The molecule has 0 aliphatic heterocycles. The maximum absolute atomic E-state index is 5.82. The van der Waals surface area contributed by atoms with Crippen LogP contribution in [0.4, 0.5) is 0 Å². The van der Waals surface area contributed by atoms with Crippen LogP contribution in [0.5, 0.6) is 0 Å². The minimum Gasteiger partial charge on any atom is -0.323 e. The molecule has 0 spiro atoms. The highest BCUT2D eigenvalue weighted by Crippen LogP contribution is 2.25. The average molecular weight is 270 g/mol. The zero-order chi connectivity index (χ0) is 13.2. The number of thiazole rings is 1. The Balaban J connectivity index is 1.92. The molecule has 19 heavy (non-hydrogen) atoms. The first-order valence-corrected chi connectivity index (χ1v) is 6.93. The van der Waals surface area contributed by atoms with Crippen LogP contribution in [0.1, 0.15) is 18.7 Å². The molecule has 1 unspecified atom stereocenters. The van der Waals surface area contributed by atoms with Gasteiger partial charge in [0.1, 0.15) is 5.01 Å². The van der Waals surface area contributed by atoms with E-state index in [1.807, 2.05) is 59.7 Å². The van der Waals surface area contributed by atoms with Crippen molar-refractivity contribution in [3.8, 4) is 16.3 Å². The molecule has 2 aromatic heterocycles. The van der Waals surface area contributed by atoms with Gasteiger partial charge >= 0.3 is 0 Å². The van der Waals surface area contributed by atoms with Crippen molar-refractivity contribution in [2.45, 2.75) is 13.0 Å². The first-order valence-electron chi connectivity index (χ1n) is 6.05. The van der Waals surface area contributed by atoms with Crippen LogP contribution in [-0.4, -0.2) is 14.8 Å². The Bertz CT molecular complexity index is 670. The number of nitrogens with two attached hydrogens (primary N) is 1. The lowest BCUT2D eigenvalue weighted by Gasteiger charge is -1.98. The second-order valence-electron chi connectivity index (χ2n) is 4.38. The van der Waals surface area contributed by atoms with Crippen molar-refractivity contribution in [2.24, 2.45) is 5.73 Å². The van der Waals surface area contributed by atoms with Gasteiger partial charge in [-0.1, -0.05) is 18.2 Å². The fraction of sp³-hybridized carbons (Fsp3) is 0.143. The quantitative estimate of drug-likeness (QED) is 0.796. The van der Waals surface area contributed by atoms with E-state index in [0.29, 0.717) is 0 Å². The zero-order valence-electron chi connectivity index (χ0n) is 10.5. The van der Waals surface area contributed by atoms with Crippen molar-refractivity contribution in [1.29, 1.82) is 0 Å². The number of hydrogen-bond acceptors (Lipinski definition) is 4. The van der Waals surface area contributed by atoms with Crippen LogP contribution in [0.25, 0.3) is 16.3 Å². The molecule has 0 amide bonds. The Hall–Kier alpha value is -1.98. The summed E-state index contributed by atoms with van der Waals surface area (Å²) in [4.78, 5) is 4.53. The van der Waals surface area contributed by atoms with Gasteiger partial charge < -0.3 is 5.73 Å². The van der Waals surface area contributed by atoms with Gasteiger partial charge in [-0.15, -0.1) is 11.3 Å². The van der Waals surface area contributed by atoms with E-state index in [4.69, 9.17) is 5.73 Å². The molecule has 96 valence electrons. The fourth-order valence-electron chi connectivity index (χ4n) is 1.78. The summed E-state index contributed by atoms with van der Waals surface area (Å²) in [5, 5.41) is 7.32. The van der Waals surface area contributed by atoms with Crippen molar-refractivity contribution < 1.29 is 0 Å². The smallest absolute Gasteiger partial charge is 0.126 e. The van der Waals surface area contributed by atoms with Crippen molar-refractivity contribution >= 4 is 11.3 Å². The molecule has 2 N–H and O–H groups in total. The molecule has 0 bridgehead atoms. The molecule has 1 aromatic carbocycles. The molecule has 0 aliphatic carbocycles. The topological polar surface area (TPSA) is 56.7 Å². The van der Waals surface area contributed by atoms with E-state index in [1.54, 1.807) is 11.3 Å². The summed E-state index contributed by atoms with van der Waals surface area (Å²) in [5.41, 5.74) is 8.80. The molecule has 1 atom stereocenters. The van der Waals surface area contributed by atoms with Crippen molar-refractivity contribution in [3.05, 3.63) is 53.8 Å². The van der Waals surface area contributed by atoms with Gasteiger partial charge in [-0.3, -0.25) is 0 Å². The lowest BCUT2D eigenvalue weighted by atomic mass is 10.3. The third kappa shape index (κ3) is 2.43. The second kappa shape index (κ2) is 4.95. The van der Waals surface area contributed by atoms with Crippen LogP contribution in [0.2, 0.25) is 0 Å². The van der Waals surface area contributed by atoms with Gasteiger partial charge in [0.25, 0.3) is 0 Å². The second-order valence-corrected chi connectivity index (χ2v) is 5.23. The molecule has 4 nitrogen and oxygen atoms in total. The minimum atomic E-state index is -0.0332. The minimum absolute atomic E-state index is 0.0332. The van der Waals surface area contributed by atoms with E-state index in [9.17, 15) is 0 Å². The van der Waals surface area contributed by atoms with E-state index in [1.165, 1.54) is 0 Å². The normalized spacial score (nSPS) is 12.5. The molecule has 2 heterocycles. The van der Waals surface area contributed by atoms with E-state index in [2.05, 4.69) is 10.1 Å². The van der Waals surface area contributed by atoms with Crippen molar-refractivity contribution in [1.82, 2.24) is 14.8 Å². The number of para-hydroxylation sites is 1. The van der Waals surface area contributed by atoms with Gasteiger partial charge in [0.05, 0.1) is 17.6 Å². The predicted octanol–water partition coefficient (Wildman–Crippen LogP) is 3.02. The summed E-state index contributed by atoms with van der Waals surface area (Å²) in [6.45, 7) is 1.94. The van der Waals surface area contributed by atoms with Crippen LogP contribution in [-0.2, 0) is 0 Å². The maximum atomic E-state index is 5.82. The largest absolute Gasteiger partial charge is 0.323 e. The summed E-state index contributed by atoms with van der Waals surface area (Å²) in [5.74, 6) is 0. The van der Waals surface area contributed by atoms with Crippen LogP contribution in [0.3, 0.4) is 0 Å². The average Bonchev–Trinajstić information content (AvgIpc) is 3.09. The summed E-state index contributed by atoms with van der Waals surface area (Å²) < 4.78 is 1.85. The third-order valence-electron chi connectivity index (χ3n) is 2.84. The highest BCUT2D eigenvalue weighted by Gasteiger charge is 2.09. The van der Waals surface area contributed by atoms with E-state index in [-0.39, 0.29) is 6.04 Å². The molecule has 0 fully saturated rings. The van der Waals surface area contributed by atoms with Gasteiger partial charge in [-0.05, 0) is 19.1 Å². The predicted molar refractivity (Wildman–Crippen MR) is 77.3 cm³/mol. The van der Waals surface area contributed by atoms with E-state index in [0.717, 1.165) is 22.0 Å². The molecule has 3 rings (SSSR count). The summed E-state index contributed by atoms with van der Waals surface area (Å²) in [6, 6.07) is 9.98. The molecule has 3 aromatic rings. The first kappa shape index (κ1) is 12.1. The summed E-state index contributed by atoms with van der Waals surface area (Å²) in [7, 11) is 0. The van der Waals surface area contributed by atoms with Crippen LogP contribution in [0, 0.1) is 0 Å². The molecule has 0 saturated carbocycles. The van der Waals surface area contributed by atoms with Gasteiger partial charge in [-0.25, -0.2) is 9.67 Å². The molecule has 0 saturated heterocycles. The SMILES string of the molecule is CC(N)c1csc(-c2cnn(-c3ccccc3)c2)n1. The Labute approximate surface area is 115 Å². The van der Waals surface area contributed by atoms with Gasteiger partial charge in [-0.2, -0.15) is 5.10 Å². The van der Waals surface area contributed by atoms with Crippen molar-refractivity contribution in [2.75, 3.05) is 0 Å². The Kier molecular flexibility index (Phi) is 3.15. The fourth-order valence-corrected chi connectivity index (χ4v) is 2.68. The Morgan fingerprint density at radius 3 is 2.74 bits per heavy atom. The highest BCUT2D eigenvalue weighted by molar-refractivity contribution is 7.13. The van der Waals surface area contributed by atoms with E-state index >= 15 is 0 Å². The maximum Gasteiger partial charge on any atom is 0.126 e. The number of benzene rings is 1. The lowest BCUT2D eigenvalue weighted by Crippen LogP contribution is -2.04. The van der Waals surface area contributed by atoms with Crippen LogP contribution in [0.15, 0.2) is 48.1 Å². The Morgan fingerprint density at radius 2 is 2.05 bits per heavy atom. The molecule has 0 aliphatic rings. The monoisotopic (exact) mass is 270 g/mol. The van der Waals surface area contributed by atoms with Gasteiger partial charge in [0.2, 0.25) is 0 Å². The Morgan fingerprint density at radius 1 is 1.26 bits per heavy atom. The van der Waals surface area contributed by atoms with Crippen molar-refractivity contribution in [3.63, 3.8) is 0 Å². The summed E-state index contributed by atoms with van der Waals surface area (Å²) in [6.07, 6.45) is 3.82. The lowest BCUT2D eigenvalue weighted by molar-refractivity contribution is 0.790. The summed E-state index contributed by atoms with van der Waals surface area (Å²) >= 11 is 1.60. The third-order valence-corrected chi connectivity index (χ3v) is 3.75. The first-order chi connectivity index (χ1) is 9.24. The molecule has 5 heteroatoms. The standard InChI is InChI=1S/C14H14N4S/c1-10(15)13-9-19-14(17-13)11-7-16-18(8-11)12-5-3-2-4-6-12/h2-10H,15H2,1H3. The highest BCUT2D eigenvalue weighted by atomic mass is 32.1. The van der Waals surface area contributed by atoms with Gasteiger partial charge in [0, 0.05) is 23.2 Å². The number of nitrogens with zero attached hydrogens (tertiary/aromatic N) is 3. The van der Waals surface area contributed by atoms with Crippen LogP contribution < -0.4 is 5.73 Å². The number of aromatic nitrogens is 3. The zero-order valence-corrected chi connectivity index (χ0v) is 11.3. The van der Waals surface area contributed by atoms with Gasteiger partial charge in [0.15, 0.2) is 0 Å². The molecular weight excluding hydrogens is 256 g/mol.